The Labute approximate surface area is 249 Å². The van der Waals surface area contributed by atoms with Gasteiger partial charge < -0.3 is 8.98 Å². The summed E-state index contributed by atoms with van der Waals surface area (Å²) < 4.78 is 11.3. The second-order valence-electron chi connectivity index (χ2n) is 10.7. The van der Waals surface area contributed by atoms with Gasteiger partial charge in [-0.15, -0.1) is 11.3 Å². The van der Waals surface area contributed by atoms with Crippen molar-refractivity contribution in [3.8, 4) is 22.9 Å². The molecule has 0 radical (unpaired) electrons. The number of fused-ring (bicyclic) bond motifs is 9. The van der Waals surface area contributed by atoms with E-state index in [0.717, 1.165) is 49.4 Å². The number of rotatable bonds is 2. The number of benzene rings is 6. The Hall–Kier alpha value is -5.88. The summed E-state index contributed by atoms with van der Waals surface area (Å²) in [4.78, 5) is 3.91. The zero-order chi connectivity index (χ0) is 28.7. The summed E-state index contributed by atoms with van der Waals surface area (Å²) in [5.41, 5.74) is 7.29. The lowest BCUT2D eigenvalue weighted by molar-refractivity contribution is 0.668. The van der Waals surface area contributed by atoms with Crippen LogP contribution in [0.4, 0.5) is 5.69 Å². The Morgan fingerprint density at radius 2 is 1.40 bits per heavy atom. The summed E-state index contributed by atoms with van der Waals surface area (Å²) >= 11 is 1.79. The topological polar surface area (TPSA) is 46.2 Å². The van der Waals surface area contributed by atoms with Crippen LogP contribution in [0, 0.1) is 17.9 Å². The van der Waals surface area contributed by atoms with Crippen molar-refractivity contribution in [3.63, 3.8) is 0 Å². The Balaban J connectivity index is 1.31. The molecule has 6 aromatic carbocycles. The van der Waals surface area contributed by atoms with Crippen LogP contribution in [-0.4, -0.2) is 4.57 Å². The smallest absolute Gasteiger partial charge is 0.230 e. The third kappa shape index (κ3) is 3.35. The molecule has 0 N–H and O–H groups in total. The van der Waals surface area contributed by atoms with Gasteiger partial charge in [0, 0.05) is 41.7 Å². The second-order valence-corrected chi connectivity index (χ2v) is 11.8. The van der Waals surface area contributed by atoms with Gasteiger partial charge in [-0.1, -0.05) is 66.7 Å². The van der Waals surface area contributed by atoms with Crippen molar-refractivity contribution in [1.82, 2.24) is 4.57 Å². The highest BCUT2D eigenvalue weighted by Crippen LogP contribution is 2.43. The standard InChI is InChI=1S/C38H19N3OS/c1-40-31-19-24(23-14-16-28-27-8-3-5-12-35(27)43-36(28)20-23)18-30-29-9-6-11-33(38(29)42-37(30)31)41-32-10-4-2-7-25(32)26-15-13-22(21-39)17-34(26)41/h2-20H. The van der Waals surface area contributed by atoms with Gasteiger partial charge in [-0.2, -0.15) is 5.26 Å². The van der Waals surface area contributed by atoms with Gasteiger partial charge in [-0.3, -0.25) is 0 Å². The number of aromatic nitrogens is 1. The third-order valence-corrected chi connectivity index (χ3v) is 9.57. The third-order valence-electron chi connectivity index (χ3n) is 8.43. The summed E-state index contributed by atoms with van der Waals surface area (Å²) in [5.74, 6) is 0. The van der Waals surface area contributed by atoms with E-state index in [1.807, 2.05) is 48.5 Å². The van der Waals surface area contributed by atoms with E-state index in [-0.39, 0.29) is 0 Å². The number of para-hydroxylation sites is 2. The number of hydrogen-bond donors (Lipinski definition) is 0. The van der Waals surface area contributed by atoms with Crippen molar-refractivity contribution >= 4 is 80.9 Å². The zero-order valence-corrected chi connectivity index (χ0v) is 23.4. The lowest BCUT2D eigenvalue weighted by atomic mass is 10.0. The highest BCUT2D eigenvalue weighted by atomic mass is 32.1. The van der Waals surface area contributed by atoms with E-state index in [9.17, 15) is 5.26 Å². The van der Waals surface area contributed by atoms with E-state index >= 15 is 0 Å². The van der Waals surface area contributed by atoms with E-state index in [1.165, 1.54) is 20.2 Å². The molecule has 0 saturated heterocycles. The average Bonchev–Trinajstić information content (AvgIpc) is 3.73. The molecule has 43 heavy (non-hydrogen) atoms. The molecule has 3 heterocycles. The van der Waals surface area contributed by atoms with Crippen LogP contribution in [0.15, 0.2) is 120 Å². The van der Waals surface area contributed by atoms with Crippen molar-refractivity contribution in [2.24, 2.45) is 0 Å². The van der Waals surface area contributed by atoms with Gasteiger partial charge in [0.25, 0.3) is 0 Å². The molecule has 0 aliphatic carbocycles. The van der Waals surface area contributed by atoms with Gasteiger partial charge in [0.2, 0.25) is 5.69 Å². The first-order valence-corrected chi connectivity index (χ1v) is 14.8. The number of thiophene rings is 1. The van der Waals surface area contributed by atoms with Crippen LogP contribution in [0.5, 0.6) is 0 Å². The molecule has 3 aromatic heterocycles. The Morgan fingerprint density at radius 3 is 2.28 bits per heavy atom. The van der Waals surface area contributed by atoms with Gasteiger partial charge in [0.15, 0.2) is 5.58 Å². The van der Waals surface area contributed by atoms with Crippen LogP contribution in [0.3, 0.4) is 0 Å². The maximum absolute atomic E-state index is 9.67. The van der Waals surface area contributed by atoms with Gasteiger partial charge in [0.05, 0.1) is 34.9 Å². The summed E-state index contributed by atoms with van der Waals surface area (Å²) in [6.07, 6.45) is 0. The van der Waals surface area contributed by atoms with Crippen molar-refractivity contribution in [1.29, 1.82) is 5.26 Å². The van der Waals surface area contributed by atoms with E-state index in [2.05, 4.69) is 82.2 Å². The molecule has 0 amide bonds. The quantitative estimate of drug-likeness (QED) is 0.196. The fourth-order valence-electron chi connectivity index (χ4n) is 6.50. The first kappa shape index (κ1) is 23.8. The minimum absolute atomic E-state index is 0.486. The lowest BCUT2D eigenvalue weighted by Gasteiger charge is -2.08. The van der Waals surface area contributed by atoms with Gasteiger partial charge in [-0.25, -0.2) is 4.85 Å². The zero-order valence-electron chi connectivity index (χ0n) is 22.6. The van der Waals surface area contributed by atoms with Crippen LogP contribution in [-0.2, 0) is 0 Å². The SMILES string of the molecule is [C-]#[N+]c1cc(-c2ccc3c(c2)sc2ccccc23)cc2c1oc1c(-n3c4ccccc4c4ccc(C#N)cc43)cccc12. The van der Waals surface area contributed by atoms with E-state index in [4.69, 9.17) is 11.0 Å². The highest BCUT2D eigenvalue weighted by molar-refractivity contribution is 7.25. The first-order valence-electron chi connectivity index (χ1n) is 13.9. The van der Waals surface area contributed by atoms with Crippen LogP contribution in [0.25, 0.3) is 85.6 Å². The Bertz CT molecular complexity index is 2710. The number of nitriles is 1. The Kier molecular flexibility index (Phi) is 4.87. The number of hydrogen-bond acceptors (Lipinski definition) is 3. The molecular weight excluding hydrogens is 547 g/mol. The first-order chi connectivity index (χ1) is 21.2. The Morgan fingerprint density at radius 1 is 0.628 bits per heavy atom. The molecule has 0 atom stereocenters. The molecule has 0 aliphatic rings. The number of nitrogens with zero attached hydrogens (tertiary/aromatic N) is 3. The molecule has 0 fully saturated rings. The molecule has 0 bridgehead atoms. The fraction of sp³-hybridized carbons (Fsp3) is 0. The normalized spacial score (nSPS) is 11.7. The summed E-state index contributed by atoms with van der Waals surface area (Å²) in [5, 5.41) is 16.2. The molecule has 0 spiro atoms. The monoisotopic (exact) mass is 565 g/mol. The van der Waals surface area contributed by atoms with Crippen LogP contribution >= 0.6 is 11.3 Å². The molecule has 0 unspecified atom stereocenters. The van der Waals surface area contributed by atoms with Crippen molar-refractivity contribution < 1.29 is 4.42 Å². The molecule has 4 nitrogen and oxygen atoms in total. The predicted molar refractivity (Wildman–Crippen MR) is 177 cm³/mol. The lowest BCUT2D eigenvalue weighted by Crippen LogP contribution is -1.94. The molecular formula is C38H19N3OS. The summed E-state index contributed by atoms with van der Waals surface area (Å²) in [7, 11) is 0. The van der Waals surface area contributed by atoms with E-state index < -0.39 is 0 Å². The fourth-order valence-corrected chi connectivity index (χ4v) is 7.64. The largest absolute Gasteiger partial charge is 0.465 e. The van der Waals surface area contributed by atoms with E-state index in [1.54, 1.807) is 11.3 Å². The van der Waals surface area contributed by atoms with Gasteiger partial charge in [-0.05, 0) is 59.7 Å². The molecule has 9 rings (SSSR count). The molecule has 0 aliphatic heterocycles. The molecule has 5 heteroatoms. The maximum Gasteiger partial charge on any atom is 0.230 e. The molecule has 9 aromatic rings. The van der Waals surface area contributed by atoms with Crippen LogP contribution in [0.2, 0.25) is 0 Å². The maximum atomic E-state index is 9.67. The minimum Gasteiger partial charge on any atom is -0.465 e. The van der Waals surface area contributed by atoms with Crippen LogP contribution in [0.1, 0.15) is 5.56 Å². The number of furan rings is 1. The minimum atomic E-state index is 0.486. The molecule has 198 valence electrons. The van der Waals surface area contributed by atoms with Crippen molar-refractivity contribution in [2.75, 3.05) is 0 Å². The van der Waals surface area contributed by atoms with Crippen molar-refractivity contribution in [3.05, 3.63) is 132 Å². The second kappa shape index (κ2) is 8.81. The van der Waals surface area contributed by atoms with Crippen molar-refractivity contribution in [2.45, 2.75) is 0 Å². The average molecular weight is 566 g/mol. The van der Waals surface area contributed by atoms with Gasteiger partial charge >= 0.3 is 0 Å². The van der Waals surface area contributed by atoms with Gasteiger partial charge in [0.1, 0.15) is 5.58 Å². The predicted octanol–water partition coefficient (Wildman–Crippen LogP) is 11.1. The molecule has 0 saturated carbocycles. The summed E-state index contributed by atoms with van der Waals surface area (Å²) in [6.45, 7) is 8.05. The van der Waals surface area contributed by atoms with E-state index in [0.29, 0.717) is 22.4 Å². The highest BCUT2D eigenvalue weighted by Gasteiger charge is 2.20. The van der Waals surface area contributed by atoms with Crippen LogP contribution < -0.4 is 0 Å². The summed E-state index contributed by atoms with van der Waals surface area (Å²) in [6, 6.07) is 41.6.